The van der Waals surface area contributed by atoms with Crippen LogP contribution in [-0.4, -0.2) is 29.8 Å². The van der Waals surface area contributed by atoms with Gasteiger partial charge in [0, 0.05) is 6.20 Å². The Hall–Kier alpha value is -2.06. The summed E-state index contributed by atoms with van der Waals surface area (Å²) in [6.45, 7) is -0.276. The lowest BCUT2D eigenvalue weighted by molar-refractivity contribution is 0.0600. The Morgan fingerprint density at radius 1 is 1.73 bits per heavy atom. The van der Waals surface area contributed by atoms with E-state index in [1.807, 2.05) is 0 Å². The molecule has 1 rings (SSSR count). The summed E-state index contributed by atoms with van der Waals surface area (Å²) in [6, 6.07) is 1.47. The molecule has 3 N–H and O–H groups in total. The molecular weight excluding hydrogens is 196 g/mol. The van der Waals surface area contributed by atoms with Gasteiger partial charge in [-0.05, 0) is 6.07 Å². The number of aromatic nitrogens is 1. The Bertz CT molecular complexity index is 432. The van der Waals surface area contributed by atoms with Crippen molar-refractivity contribution in [3.05, 3.63) is 23.4 Å². The van der Waals surface area contributed by atoms with Crippen LogP contribution in [0.1, 0.15) is 15.9 Å². The van der Waals surface area contributed by atoms with E-state index in [0.717, 1.165) is 0 Å². The molecule has 0 radical (unpaired) electrons. The van der Waals surface area contributed by atoms with Crippen LogP contribution in [0.15, 0.2) is 12.3 Å². The van der Waals surface area contributed by atoms with Gasteiger partial charge in [-0.3, -0.25) is 0 Å². The van der Waals surface area contributed by atoms with Gasteiger partial charge in [0.15, 0.2) is 0 Å². The van der Waals surface area contributed by atoms with Crippen LogP contribution >= 0.6 is 0 Å². The first kappa shape index (κ1) is 11.0. The Balaban J connectivity index is 3.10. The molecule has 0 fully saturated rings. The molecule has 0 aliphatic carbocycles. The number of anilines is 1. The Kier molecular flexibility index (Phi) is 3.66. The molecular formula is C10H10N2O3. The first-order chi connectivity index (χ1) is 7.19. The molecule has 78 valence electrons. The Morgan fingerprint density at radius 2 is 2.47 bits per heavy atom. The summed E-state index contributed by atoms with van der Waals surface area (Å²) in [7, 11) is 1.28. The molecule has 0 aliphatic rings. The van der Waals surface area contributed by atoms with Crippen LogP contribution in [0.25, 0.3) is 0 Å². The first-order valence-corrected chi connectivity index (χ1v) is 4.12. The molecule has 15 heavy (non-hydrogen) atoms. The number of methoxy groups -OCH3 is 1. The van der Waals surface area contributed by atoms with Crippen molar-refractivity contribution in [2.24, 2.45) is 0 Å². The molecule has 5 heteroatoms. The van der Waals surface area contributed by atoms with Gasteiger partial charge in [-0.25, -0.2) is 9.78 Å². The minimum absolute atomic E-state index is 0.212. The number of hydrogen-bond acceptors (Lipinski definition) is 5. The number of nitrogen functional groups attached to an aromatic ring is 1. The number of ether oxygens (including phenoxy) is 1. The zero-order valence-electron chi connectivity index (χ0n) is 8.15. The molecule has 0 bridgehead atoms. The number of carbonyl (C=O) groups excluding carboxylic acids is 1. The lowest BCUT2D eigenvalue weighted by Gasteiger charge is -2.01. The van der Waals surface area contributed by atoms with Crippen molar-refractivity contribution < 1.29 is 14.6 Å². The molecule has 0 amide bonds. The van der Waals surface area contributed by atoms with Gasteiger partial charge in [0.2, 0.25) is 0 Å². The molecule has 1 heterocycles. The molecule has 0 saturated carbocycles. The highest BCUT2D eigenvalue weighted by Crippen LogP contribution is 2.10. The highest BCUT2D eigenvalue weighted by Gasteiger charge is 2.07. The Morgan fingerprint density at radius 3 is 3.07 bits per heavy atom. The second-order valence-electron chi connectivity index (χ2n) is 2.61. The van der Waals surface area contributed by atoms with Crippen molar-refractivity contribution in [2.45, 2.75) is 0 Å². The normalized spacial score (nSPS) is 8.93. The maximum Gasteiger partial charge on any atom is 0.339 e. The molecule has 0 aliphatic heterocycles. The lowest BCUT2D eigenvalue weighted by atomic mass is 10.2. The maximum atomic E-state index is 11.2. The highest BCUT2D eigenvalue weighted by molar-refractivity contribution is 5.89. The molecule has 0 unspecified atom stereocenters. The minimum atomic E-state index is -0.505. The molecule has 0 saturated heterocycles. The van der Waals surface area contributed by atoms with Crippen molar-refractivity contribution in [1.82, 2.24) is 4.98 Å². The van der Waals surface area contributed by atoms with Crippen molar-refractivity contribution >= 4 is 11.8 Å². The summed E-state index contributed by atoms with van der Waals surface area (Å²) in [5.74, 6) is 4.72. The van der Waals surface area contributed by atoms with Crippen molar-refractivity contribution in [1.29, 1.82) is 0 Å². The smallest absolute Gasteiger partial charge is 0.339 e. The van der Waals surface area contributed by atoms with Gasteiger partial charge in [-0.2, -0.15) is 0 Å². The van der Waals surface area contributed by atoms with E-state index in [1.165, 1.54) is 19.4 Å². The zero-order valence-corrected chi connectivity index (χ0v) is 8.15. The number of carbonyl (C=O) groups is 1. The van der Waals surface area contributed by atoms with Gasteiger partial charge < -0.3 is 15.6 Å². The highest BCUT2D eigenvalue weighted by atomic mass is 16.5. The second kappa shape index (κ2) is 4.98. The molecule has 0 atom stereocenters. The van der Waals surface area contributed by atoms with E-state index in [2.05, 4.69) is 21.6 Å². The van der Waals surface area contributed by atoms with E-state index in [1.54, 1.807) is 0 Å². The average molecular weight is 206 g/mol. The summed E-state index contributed by atoms with van der Waals surface area (Å²) in [4.78, 5) is 14.9. The first-order valence-electron chi connectivity index (χ1n) is 4.12. The number of hydrogen-bond donors (Lipinski definition) is 2. The quantitative estimate of drug-likeness (QED) is 0.490. The predicted molar refractivity (Wildman–Crippen MR) is 54.0 cm³/mol. The maximum absolute atomic E-state index is 11.2. The van der Waals surface area contributed by atoms with Gasteiger partial charge >= 0.3 is 5.97 Å². The number of nitrogens with two attached hydrogens (primary N) is 1. The topological polar surface area (TPSA) is 85.4 Å². The molecule has 1 aromatic heterocycles. The summed E-state index contributed by atoms with van der Waals surface area (Å²) in [5, 5.41) is 8.52. The van der Waals surface area contributed by atoms with Gasteiger partial charge in [-0.1, -0.05) is 11.8 Å². The third kappa shape index (κ3) is 2.69. The number of nitrogens with zero attached hydrogens (tertiary/aromatic N) is 1. The monoisotopic (exact) mass is 206 g/mol. The van der Waals surface area contributed by atoms with Gasteiger partial charge in [0.05, 0.1) is 18.2 Å². The van der Waals surface area contributed by atoms with E-state index in [-0.39, 0.29) is 18.0 Å². The SMILES string of the molecule is COC(=O)c1cnc(N)c(C#CCO)c1. The Labute approximate surface area is 86.9 Å². The fourth-order valence-electron chi connectivity index (χ4n) is 0.940. The fraction of sp³-hybridized carbons (Fsp3) is 0.200. The van der Waals surface area contributed by atoms with E-state index in [0.29, 0.717) is 5.56 Å². The van der Waals surface area contributed by atoms with Crippen LogP contribution in [0.2, 0.25) is 0 Å². The number of pyridine rings is 1. The largest absolute Gasteiger partial charge is 0.465 e. The van der Waals surface area contributed by atoms with E-state index >= 15 is 0 Å². The van der Waals surface area contributed by atoms with Crippen LogP contribution in [0.3, 0.4) is 0 Å². The number of aliphatic hydroxyl groups is 1. The van der Waals surface area contributed by atoms with Crippen molar-refractivity contribution in [2.75, 3.05) is 19.5 Å². The minimum Gasteiger partial charge on any atom is -0.465 e. The number of rotatable bonds is 1. The van der Waals surface area contributed by atoms with Crippen molar-refractivity contribution in [3.63, 3.8) is 0 Å². The number of esters is 1. The molecule has 5 nitrogen and oxygen atoms in total. The lowest BCUT2D eigenvalue weighted by Crippen LogP contribution is -2.04. The summed E-state index contributed by atoms with van der Waals surface area (Å²) in [5.41, 5.74) is 6.19. The third-order valence-electron chi connectivity index (χ3n) is 1.64. The van der Waals surface area contributed by atoms with Crippen molar-refractivity contribution in [3.8, 4) is 11.8 Å². The molecule has 0 aromatic carbocycles. The van der Waals surface area contributed by atoms with Crippen LogP contribution < -0.4 is 5.73 Å². The van der Waals surface area contributed by atoms with E-state index in [4.69, 9.17) is 10.8 Å². The fourth-order valence-corrected chi connectivity index (χ4v) is 0.940. The standard InChI is InChI=1S/C10H10N2O3/c1-15-10(14)8-5-7(3-2-4-13)9(11)12-6-8/h5-6,13H,4H2,1H3,(H2,11,12). The predicted octanol–water partition coefficient (Wildman–Crippen LogP) is -0.206. The molecule has 1 aromatic rings. The summed E-state index contributed by atoms with van der Waals surface area (Å²) >= 11 is 0. The third-order valence-corrected chi connectivity index (χ3v) is 1.64. The zero-order chi connectivity index (χ0) is 11.3. The number of aliphatic hydroxyl groups excluding tert-OH is 1. The van der Waals surface area contributed by atoms with Crippen LogP contribution in [0.5, 0.6) is 0 Å². The van der Waals surface area contributed by atoms with Gasteiger partial charge in [0.1, 0.15) is 12.4 Å². The van der Waals surface area contributed by atoms with Crippen LogP contribution in [0, 0.1) is 11.8 Å². The second-order valence-corrected chi connectivity index (χ2v) is 2.61. The van der Waals surface area contributed by atoms with E-state index in [9.17, 15) is 4.79 Å². The van der Waals surface area contributed by atoms with E-state index < -0.39 is 5.97 Å². The van der Waals surface area contributed by atoms with Gasteiger partial charge in [0.25, 0.3) is 0 Å². The molecule has 0 spiro atoms. The summed E-state index contributed by atoms with van der Waals surface area (Å²) < 4.78 is 4.52. The van der Waals surface area contributed by atoms with Crippen LogP contribution in [-0.2, 0) is 4.74 Å². The van der Waals surface area contributed by atoms with Crippen LogP contribution in [0.4, 0.5) is 5.82 Å². The summed E-state index contributed by atoms with van der Waals surface area (Å²) in [6.07, 6.45) is 1.31. The van der Waals surface area contributed by atoms with Gasteiger partial charge in [-0.15, -0.1) is 0 Å². The average Bonchev–Trinajstić information content (AvgIpc) is 2.27.